The lowest BCUT2D eigenvalue weighted by atomic mass is 9.99. The van der Waals surface area contributed by atoms with Gasteiger partial charge in [0.25, 0.3) is 0 Å². The molecule has 1 aromatic carbocycles. The fourth-order valence-electron chi connectivity index (χ4n) is 1.61. The van der Waals surface area contributed by atoms with Crippen molar-refractivity contribution in [3.8, 4) is 5.75 Å². The Morgan fingerprint density at radius 2 is 2.00 bits per heavy atom. The molecule has 0 fully saturated rings. The summed E-state index contributed by atoms with van der Waals surface area (Å²) in [6, 6.07) is 1.96. The molecule has 16 heavy (non-hydrogen) atoms. The fraction of sp³-hybridized carbons (Fsp3) is 0.417. The van der Waals surface area contributed by atoms with Crippen LogP contribution in [0, 0.1) is 13.8 Å². The molecule has 0 heterocycles. The van der Waals surface area contributed by atoms with Crippen LogP contribution in [0.25, 0.3) is 0 Å². The van der Waals surface area contributed by atoms with E-state index in [0.717, 1.165) is 15.6 Å². The number of methoxy groups -OCH3 is 1. The minimum atomic E-state index is -0.214. The van der Waals surface area contributed by atoms with Crippen molar-refractivity contribution in [2.45, 2.75) is 25.6 Å². The highest BCUT2D eigenvalue weighted by molar-refractivity contribution is 9.10. The van der Waals surface area contributed by atoms with Crippen molar-refractivity contribution in [1.82, 2.24) is 0 Å². The summed E-state index contributed by atoms with van der Waals surface area (Å²) in [5.41, 5.74) is 2.52. The van der Waals surface area contributed by atoms with E-state index in [1.165, 1.54) is 0 Å². The number of halogens is 2. The van der Waals surface area contributed by atoms with Crippen LogP contribution in [0.1, 0.15) is 28.4 Å². The summed E-state index contributed by atoms with van der Waals surface area (Å²) < 4.78 is 6.25. The van der Waals surface area contributed by atoms with Gasteiger partial charge in [-0.25, -0.2) is 0 Å². The van der Waals surface area contributed by atoms with E-state index in [4.69, 9.17) is 4.74 Å². The van der Waals surface area contributed by atoms with Crippen LogP contribution in [0.3, 0.4) is 0 Å². The SMILES string of the molecule is COc1c(C)cc(Br)c(C)c1C(=O)C(C)Br. The van der Waals surface area contributed by atoms with E-state index < -0.39 is 0 Å². The molecule has 0 saturated heterocycles. The van der Waals surface area contributed by atoms with Gasteiger partial charge in [0.2, 0.25) is 0 Å². The molecule has 0 aromatic heterocycles. The molecule has 0 aliphatic heterocycles. The van der Waals surface area contributed by atoms with Crippen LogP contribution in [0.4, 0.5) is 0 Å². The van der Waals surface area contributed by atoms with Crippen LogP contribution in [-0.4, -0.2) is 17.7 Å². The van der Waals surface area contributed by atoms with Gasteiger partial charge in [0.05, 0.1) is 17.5 Å². The zero-order chi connectivity index (χ0) is 12.5. The van der Waals surface area contributed by atoms with Gasteiger partial charge in [-0.05, 0) is 38.0 Å². The van der Waals surface area contributed by atoms with E-state index in [2.05, 4.69) is 31.9 Å². The number of benzene rings is 1. The zero-order valence-corrected chi connectivity index (χ0v) is 12.9. The monoisotopic (exact) mass is 348 g/mol. The molecule has 1 atom stereocenters. The molecular formula is C12H14Br2O2. The first-order valence-electron chi connectivity index (χ1n) is 4.92. The Morgan fingerprint density at radius 1 is 1.44 bits per heavy atom. The molecule has 1 unspecified atom stereocenters. The lowest BCUT2D eigenvalue weighted by molar-refractivity contribution is 0.0992. The second kappa shape index (κ2) is 5.32. The highest BCUT2D eigenvalue weighted by atomic mass is 79.9. The van der Waals surface area contributed by atoms with Crippen LogP contribution in [-0.2, 0) is 0 Å². The molecule has 2 nitrogen and oxygen atoms in total. The molecule has 0 spiro atoms. The summed E-state index contributed by atoms with van der Waals surface area (Å²) in [6.07, 6.45) is 0. The van der Waals surface area contributed by atoms with Crippen LogP contribution >= 0.6 is 31.9 Å². The Labute approximate surface area is 113 Å². The van der Waals surface area contributed by atoms with Gasteiger partial charge < -0.3 is 4.74 Å². The molecule has 0 amide bonds. The van der Waals surface area contributed by atoms with Crippen molar-refractivity contribution < 1.29 is 9.53 Å². The zero-order valence-electron chi connectivity index (χ0n) is 9.73. The number of Topliss-reactive ketones (excluding diaryl/α,β-unsaturated/α-hetero) is 1. The number of carbonyl (C=O) groups excluding carboxylic acids is 1. The summed E-state index contributed by atoms with van der Waals surface area (Å²) in [6.45, 7) is 5.66. The maximum absolute atomic E-state index is 12.1. The topological polar surface area (TPSA) is 26.3 Å². The summed E-state index contributed by atoms with van der Waals surface area (Å²) >= 11 is 6.76. The van der Waals surface area contributed by atoms with E-state index >= 15 is 0 Å². The Kier molecular flexibility index (Phi) is 4.56. The molecule has 0 bridgehead atoms. The van der Waals surface area contributed by atoms with Gasteiger partial charge in [-0.1, -0.05) is 31.9 Å². The standard InChI is InChI=1S/C12H14Br2O2/c1-6-5-9(14)7(2)10(12(6)16-4)11(15)8(3)13/h5,8H,1-4H3. The molecule has 1 aromatic rings. The highest BCUT2D eigenvalue weighted by Crippen LogP contribution is 2.33. The quantitative estimate of drug-likeness (QED) is 0.608. The number of rotatable bonds is 3. The van der Waals surface area contributed by atoms with Gasteiger partial charge in [-0.15, -0.1) is 0 Å². The number of alkyl halides is 1. The van der Waals surface area contributed by atoms with Crippen LogP contribution in [0.5, 0.6) is 5.75 Å². The Hall–Kier alpha value is -0.350. The number of carbonyl (C=O) groups is 1. The molecule has 88 valence electrons. The largest absolute Gasteiger partial charge is 0.496 e. The summed E-state index contributed by atoms with van der Waals surface area (Å²) in [4.78, 5) is 11.9. The number of hydrogen-bond acceptors (Lipinski definition) is 2. The number of aryl methyl sites for hydroxylation is 1. The van der Waals surface area contributed by atoms with Gasteiger partial charge >= 0.3 is 0 Å². The van der Waals surface area contributed by atoms with Crippen molar-refractivity contribution in [3.05, 3.63) is 27.2 Å². The lowest BCUT2D eigenvalue weighted by Gasteiger charge is -2.15. The minimum absolute atomic E-state index is 0.0405. The Bertz CT molecular complexity index is 426. The van der Waals surface area contributed by atoms with Crippen LogP contribution in [0.15, 0.2) is 10.5 Å². The Balaban J connectivity index is 3.51. The summed E-state index contributed by atoms with van der Waals surface area (Å²) in [5, 5.41) is 0. The average Bonchev–Trinajstić information content (AvgIpc) is 2.21. The Morgan fingerprint density at radius 3 is 2.44 bits per heavy atom. The number of hydrogen-bond donors (Lipinski definition) is 0. The molecule has 0 aliphatic rings. The van der Waals surface area contributed by atoms with Crippen LogP contribution < -0.4 is 4.74 Å². The van der Waals surface area contributed by atoms with Gasteiger partial charge in [-0.3, -0.25) is 4.79 Å². The van der Waals surface area contributed by atoms with Gasteiger partial charge in [0, 0.05) is 4.47 Å². The maximum Gasteiger partial charge on any atom is 0.180 e. The third kappa shape index (κ3) is 2.48. The first-order chi connectivity index (χ1) is 7.40. The molecule has 1 rings (SSSR count). The van der Waals surface area contributed by atoms with E-state index in [0.29, 0.717) is 11.3 Å². The third-order valence-electron chi connectivity index (χ3n) is 2.47. The normalized spacial score (nSPS) is 12.4. The van der Waals surface area contributed by atoms with Gasteiger partial charge in [0.15, 0.2) is 5.78 Å². The van der Waals surface area contributed by atoms with E-state index in [1.54, 1.807) is 7.11 Å². The van der Waals surface area contributed by atoms with Crippen molar-refractivity contribution in [1.29, 1.82) is 0 Å². The van der Waals surface area contributed by atoms with Crippen molar-refractivity contribution >= 4 is 37.6 Å². The van der Waals surface area contributed by atoms with Crippen molar-refractivity contribution in [2.24, 2.45) is 0 Å². The van der Waals surface area contributed by atoms with Crippen molar-refractivity contribution in [2.75, 3.05) is 7.11 Å². The van der Waals surface area contributed by atoms with E-state index in [1.807, 2.05) is 26.8 Å². The molecular weight excluding hydrogens is 336 g/mol. The number of ketones is 1. The fourth-order valence-corrected chi connectivity index (χ4v) is 2.38. The summed E-state index contributed by atoms with van der Waals surface area (Å²) in [7, 11) is 1.59. The lowest BCUT2D eigenvalue weighted by Crippen LogP contribution is -2.14. The first-order valence-corrected chi connectivity index (χ1v) is 6.63. The number of ether oxygens (including phenoxy) is 1. The predicted molar refractivity (Wildman–Crippen MR) is 72.9 cm³/mol. The highest BCUT2D eigenvalue weighted by Gasteiger charge is 2.22. The maximum atomic E-state index is 12.1. The molecule has 0 saturated carbocycles. The third-order valence-corrected chi connectivity index (χ3v) is 3.71. The molecule has 4 heteroatoms. The van der Waals surface area contributed by atoms with Gasteiger partial charge in [-0.2, -0.15) is 0 Å². The average molecular weight is 350 g/mol. The minimum Gasteiger partial charge on any atom is -0.496 e. The van der Waals surface area contributed by atoms with E-state index in [-0.39, 0.29) is 10.6 Å². The first kappa shape index (κ1) is 13.7. The summed E-state index contributed by atoms with van der Waals surface area (Å²) in [5.74, 6) is 0.704. The molecule has 0 radical (unpaired) electrons. The van der Waals surface area contributed by atoms with Crippen LogP contribution in [0.2, 0.25) is 0 Å². The van der Waals surface area contributed by atoms with Gasteiger partial charge in [0.1, 0.15) is 5.75 Å². The van der Waals surface area contributed by atoms with E-state index in [9.17, 15) is 4.79 Å². The predicted octanol–water partition coefficient (Wildman–Crippen LogP) is 4.04. The second-order valence-corrected chi connectivity index (χ2v) is 5.92. The van der Waals surface area contributed by atoms with Crippen molar-refractivity contribution in [3.63, 3.8) is 0 Å². The second-order valence-electron chi connectivity index (χ2n) is 3.69. The molecule has 0 N–H and O–H groups in total. The smallest absolute Gasteiger partial charge is 0.180 e. The molecule has 0 aliphatic carbocycles.